The Hall–Kier alpha value is -3.22. The fourth-order valence-corrected chi connectivity index (χ4v) is 2.37. The van der Waals surface area contributed by atoms with E-state index < -0.39 is 5.91 Å². The van der Waals surface area contributed by atoms with Gasteiger partial charge in [0.1, 0.15) is 11.5 Å². The van der Waals surface area contributed by atoms with Crippen molar-refractivity contribution in [1.29, 1.82) is 0 Å². The van der Waals surface area contributed by atoms with Gasteiger partial charge < -0.3 is 25.8 Å². The lowest BCUT2D eigenvalue weighted by Gasteiger charge is -2.14. The second kappa shape index (κ2) is 9.31. The molecule has 0 spiro atoms. The van der Waals surface area contributed by atoms with Crippen molar-refractivity contribution in [3.8, 4) is 11.5 Å². The highest BCUT2D eigenvalue weighted by atomic mass is 16.5. The zero-order valence-electron chi connectivity index (χ0n) is 15.2. The monoisotopic (exact) mass is 356 g/mol. The first kappa shape index (κ1) is 19.1. The molecule has 7 heteroatoms. The first-order chi connectivity index (χ1) is 12.6. The van der Waals surface area contributed by atoms with E-state index >= 15 is 0 Å². The van der Waals surface area contributed by atoms with Gasteiger partial charge in [-0.15, -0.1) is 0 Å². The number of primary amides is 1. The van der Waals surface area contributed by atoms with Gasteiger partial charge in [-0.05, 0) is 29.8 Å². The molecule has 0 radical (unpaired) electrons. The lowest BCUT2D eigenvalue weighted by molar-refractivity contribution is 0.100. The summed E-state index contributed by atoms with van der Waals surface area (Å²) in [4.78, 5) is 15.3. The Kier molecular flexibility index (Phi) is 6.84. The summed E-state index contributed by atoms with van der Waals surface area (Å²) >= 11 is 0. The fraction of sp³-hybridized carbons (Fsp3) is 0.263. The molecule has 0 saturated heterocycles. The number of nitrogens with two attached hydrogens (primary N) is 1. The van der Waals surface area contributed by atoms with Gasteiger partial charge in [-0.1, -0.05) is 12.1 Å². The molecule has 0 aliphatic heterocycles. The summed E-state index contributed by atoms with van der Waals surface area (Å²) in [5, 5.41) is 6.46. The van der Waals surface area contributed by atoms with Crippen LogP contribution in [0.25, 0.3) is 0 Å². The minimum Gasteiger partial charge on any atom is -0.497 e. The van der Waals surface area contributed by atoms with E-state index in [1.54, 1.807) is 33.4 Å². The largest absolute Gasteiger partial charge is 0.497 e. The standard InChI is InChI=1S/C19H24N4O3/c1-21-19(22-11-13-4-6-14(7-5-13)18(20)24)23-12-15-8-9-16(25-2)10-17(15)26-3/h4-10H,11-12H2,1-3H3,(H2,20,24)(H2,21,22,23). The van der Waals surface area contributed by atoms with Gasteiger partial charge in [-0.3, -0.25) is 9.79 Å². The predicted octanol–water partition coefficient (Wildman–Crippen LogP) is 1.67. The number of nitrogens with zero attached hydrogens (tertiary/aromatic N) is 1. The number of carbonyl (C=O) groups is 1. The number of hydrogen-bond acceptors (Lipinski definition) is 4. The van der Waals surface area contributed by atoms with E-state index in [2.05, 4.69) is 15.6 Å². The Labute approximate surface area is 153 Å². The lowest BCUT2D eigenvalue weighted by Crippen LogP contribution is -2.36. The summed E-state index contributed by atoms with van der Waals surface area (Å²) in [5.74, 6) is 1.71. The molecule has 7 nitrogen and oxygen atoms in total. The van der Waals surface area contributed by atoms with Gasteiger partial charge >= 0.3 is 0 Å². The minimum absolute atomic E-state index is 0.435. The van der Waals surface area contributed by atoms with Crippen molar-refractivity contribution in [2.75, 3.05) is 21.3 Å². The minimum atomic E-state index is -0.435. The first-order valence-corrected chi connectivity index (χ1v) is 8.11. The molecule has 0 bridgehead atoms. The Bertz CT molecular complexity index is 773. The number of benzene rings is 2. The van der Waals surface area contributed by atoms with Crippen LogP contribution in [0.1, 0.15) is 21.5 Å². The Morgan fingerprint density at radius 1 is 1.04 bits per heavy atom. The highest BCUT2D eigenvalue weighted by molar-refractivity contribution is 5.92. The van der Waals surface area contributed by atoms with E-state index in [1.807, 2.05) is 30.3 Å². The molecule has 0 unspecified atom stereocenters. The van der Waals surface area contributed by atoms with Crippen LogP contribution in [0.5, 0.6) is 11.5 Å². The van der Waals surface area contributed by atoms with Crippen molar-refractivity contribution >= 4 is 11.9 Å². The summed E-state index contributed by atoms with van der Waals surface area (Å²) in [6, 6.07) is 12.8. The zero-order valence-corrected chi connectivity index (χ0v) is 15.2. The number of ether oxygens (including phenoxy) is 2. The number of rotatable bonds is 7. The predicted molar refractivity (Wildman–Crippen MR) is 102 cm³/mol. The summed E-state index contributed by atoms with van der Waals surface area (Å²) < 4.78 is 10.6. The number of carbonyl (C=O) groups excluding carboxylic acids is 1. The third-order valence-corrected chi connectivity index (χ3v) is 3.86. The Morgan fingerprint density at radius 3 is 2.31 bits per heavy atom. The molecule has 2 aromatic rings. The van der Waals surface area contributed by atoms with Crippen molar-refractivity contribution in [2.45, 2.75) is 13.1 Å². The van der Waals surface area contributed by atoms with Crippen molar-refractivity contribution in [3.05, 3.63) is 59.2 Å². The summed E-state index contributed by atoms with van der Waals surface area (Å²) in [6.07, 6.45) is 0. The smallest absolute Gasteiger partial charge is 0.248 e. The molecule has 0 saturated carbocycles. The molecule has 0 heterocycles. The van der Waals surface area contributed by atoms with E-state index in [0.29, 0.717) is 24.6 Å². The van der Waals surface area contributed by atoms with Gasteiger partial charge in [0.15, 0.2) is 5.96 Å². The second-order valence-electron chi connectivity index (χ2n) is 5.52. The average Bonchev–Trinajstić information content (AvgIpc) is 2.68. The first-order valence-electron chi connectivity index (χ1n) is 8.11. The maximum absolute atomic E-state index is 11.1. The van der Waals surface area contributed by atoms with Gasteiger partial charge in [0.2, 0.25) is 5.91 Å². The van der Waals surface area contributed by atoms with Crippen LogP contribution in [-0.2, 0) is 13.1 Å². The highest BCUT2D eigenvalue weighted by Gasteiger charge is 2.06. The zero-order chi connectivity index (χ0) is 18.9. The number of hydrogen-bond donors (Lipinski definition) is 3. The number of aliphatic imine (C=N–C) groups is 1. The highest BCUT2D eigenvalue weighted by Crippen LogP contribution is 2.24. The second-order valence-corrected chi connectivity index (χ2v) is 5.52. The quantitative estimate of drug-likeness (QED) is 0.518. The van der Waals surface area contributed by atoms with Gasteiger partial charge in [0.25, 0.3) is 0 Å². The summed E-state index contributed by atoms with van der Waals surface area (Å²) in [7, 11) is 4.95. The van der Waals surface area contributed by atoms with Crippen LogP contribution >= 0.6 is 0 Å². The van der Waals surface area contributed by atoms with Gasteiger partial charge in [0.05, 0.1) is 14.2 Å². The van der Waals surface area contributed by atoms with E-state index in [-0.39, 0.29) is 0 Å². The molecule has 0 aliphatic carbocycles. The van der Waals surface area contributed by atoms with Crippen LogP contribution in [-0.4, -0.2) is 33.1 Å². The molecule has 0 fully saturated rings. The molecular formula is C19H24N4O3. The summed E-state index contributed by atoms with van der Waals surface area (Å²) in [6.45, 7) is 1.12. The Morgan fingerprint density at radius 2 is 1.73 bits per heavy atom. The van der Waals surface area contributed by atoms with Crippen molar-refractivity contribution in [1.82, 2.24) is 10.6 Å². The van der Waals surface area contributed by atoms with Crippen molar-refractivity contribution in [2.24, 2.45) is 10.7 Å². The fourth-order valence-electron chi connectivity index (χ4n) is 2.37. The van der Waals surface area contributed by atoms with E-state index in [1.165, 1.54) is 0 Å². The lowest BCUT2D eigenvalue weighted by atomic mass is 10.1. The van der Waals surface area contributed by atoms with Crippen LogP contribution in [0, 0.1) is 0 Å². The van der Waals surface area contributed by atoms with Crippen molar-refractivity contribution < 1.29 is 14.3 Å². The van der Waals surface area contributed by atoms with Crippen LogP contribution in [0.3, 0.4) is 0 Å². The third kappa shape index (κ3) is 5.14. The topological polar surface area (TPSA) is 98.0 Å². The molecule has 0 aliphatic rings. The SMILES string of the molecule is CN=C(NCc1ccc(C(N)=O)cc1)NCc1ccc(OC)cc1OC. The maximum atomic E-state index is 11.1. The van der Waals surface area contributed by atoms with E-state index in [4.69, 9.17) is 15.2 Å². The van der Waals surface area contributed by atoms with Gasteiger partial charge in [0, 0.05) is 37.3 Å². The number of nitrogens with one attached hydrogen (secondary N) is 2. The average molecular weight is 356 g/mol. The van der Waals surface area contributed by atoms with Crippen LogP contribution < -0.4 is 25.8 Å². The van der Waals surface area contributed by atoms with E-state index in [9.17, 15) is 4.79 Å². The summed E-state index contributed by atoms with van der Waals surface area (Å²) in [5.41, 5.74) is 7.73. The van der Waals surface area contributed by atoms with Crippen molar-refractivity contribution in [3.63, 3.8) is 0 Å². The number of guanidine groups is 1. The molecule has 26 heavy (non-hydrogen) atoms. The number of amides is 1. The molecular weight excluding hydrogens is 332 g/mol. The molecule has 2 rings (SSSR count). The molecule has 0 aromatic heterocycles. The van der Waals surface area contributed by atoms with E-state index in [0.717, 1.165) is 22.6 Å². The van der Waals surface area contributed by atoms with Crippen LogP contribution in [0.4, 0.5) is 0 Å². The molecule has 1 amide bonds. The molecule has 2 aromatic carbocycles. The third-order valence-electron chi connectivity index (χ3n) is 3.86. The molecule has 138 valence electrons. The maximum Gasteiger partial charge on any atom is 0.248 e. The van der Waals surface area contributed by atoms with Gasteiger partial charge in [-0.2, -0.15) is 0 Å². The normalized spacial score (nSPS) is 11.0. The van der Waals surface area contributed by atoms with Crippen LogP contribution in [0.2, 0.25) is 0 Å². The molecule has 4 N–H and O–H groups in total. The number of methoxy groups -OCH3 is 2. The molecule has 0 atom stereocenters. The van der Waals surface area contributed by atoms with Crippen LogP contribution in [0.15, 0.2) is 47.5 Å². The van der Waals surface area contributed by atoms with Gasteiger partial charge in [-0.25, -0.2) is 0 Å². The Balaban J connectivity index is 1.92.